The Hall–Kier alpha value is -1.50. The van der Waals surface area contributed by atoms with Crippen LogP contribution in [0.2, 0.25) is 0 Å². The normalized spacial score (nSPS) is 15.6. The average molecular weight is 252 g/mol. The number of hydrogen-bond donors (Lipinski definition) is 1. The molecule has 18 heavy (non-hydrogen) atoms. The molecule has 1 heterocycles. The van der Waals surface area contributed by atoms with Crippen LogP contribution in [0.25, 0.3) is 0 Å². The van der Waals surface area contributed by atoms with Crippen molar-refractivity contribution in [3.8, 4) is 0 Å². The molecular weight excluding hydrogens is 232 g/mol. The van der Waals surface area contributed by atoms with Gasteiger partial charge in [-0.05, 0) is 29.2 Å². The van der Waals surface area contributed by atoms with Crippen molar-refractivity contribution < 1.29 is 4.79 Å². The molecule has 1 aliphatic rings. The third kappa shape index (κ3) is 3.49. The van der Waals surface area contributed by atoms with Gasteiger partial charge in [0.25, 0.3) is 0 Å². The van der Waals surface area contributed by atoms with E-state index < -0.39 is 0 Å². The Kier molecular flexibility index (Phi) is 3.90. The van der Waals surface area contributed by atoms with Gasteiger partial charge in [-0.2, -0.15) is 0 Å². The summed E-state index contributed by atoms with van der Waals surface area (Å²) in [6.07, 6.45) is 2.27. The van der Waals surface area contributed by atoms with E-state index in [-0.39, 0.29) is 12.5 Å². The molecule has 0 radical (unpaired) electrons. The van der Waals surface area contributed by atoms with Crippen LogP contribution in [-0.4, -0.2) is 44.1 Å². The molecule has 1 saturated carbocycles. The number of nitrogens with zero attached hydrogens (tertiary/aromatic N) is 5. The Bertz CT molecular complexity index is 411. The molecule has 0 bridgehead atoms. The smallest absolute Gasteiger partial charge is 0.231 e. The number of carbonyl (C=O) groups excluding carboxylic acids is 1. The van der Waals surface area contributed by atoms with Crippen molar-refractivity contribution in [3.63, 3.8) is 0 Å². The molecule has 0 aromatic carbocycles. The molecule has 2 N–H and O–H groups in total. The van der Waals surface area contributed by atoms with Gasteiger partial charge in [-0.1, -0.05) is 13.8 Å². The fourth-order valence-corrected chi connectivity index (χ4v) is 2.04. The number of aromatic nitrogens is 4. The minimum Gasteiger partial charge on any atom is -0.369 e. The van der Waals surface area contributed by atoms with E-state index in [1.807, 2.05) is 9.58 Å². The van der Waals surface area contributed by atoms with Crippen LogP contribution in [-0.2, 0) is 11.3 Å². The van der Waals surface area contributed by atoms with Gasteiger partial charge < -0.3 is 5.73 Å². The van der Waals surface area contributed by atoms with Crippen molar-refractivity contribution in [2.75, 3.05) is 13.1 Å². The molecule has 0 unspecified atom stereocenters. The molecule has 0 aliphatic heterocycles. The highest BCUT2D eigenvalue weighted by molar-refractivity contribution is 5.75. The van der Waals surface area contributed by atoms with Crippen LogP contribution in [0.3, 0.4) is 0 Å². The third-order valence-corrected chi connectivity index (χ3v) is 2.82. The molecule has 1 fully saturated rings. The lowest BCUT2D eigenvalue weighted by Crippen LogP contribution is -2.36. The molecule has 1 amide bonds. The quantitative estimate of drug-likeness (QED) is 0.735. The molecule has 0 saturated heterocycles. The summed E-state index contributed by atoms with van der Waals surface area (Å²) in [5.74, 6) is 0.968. The summed E-state index contributed by atoms with van der Waals surface area (Å²) in [6, 6.07) is 0.449. The largest absolute Gasteiger partial charge is 0.369 e. The maximum atomic E-state index is 11.1. The number of carbonyl (C=O) groups is 1. The van der Waals surface area contributed by atoms with Crippen LogP contribution in [0.5, 0.6) is 0 Å². The van der Waals surface area contributed by atoms with Crippen LogP contribution < -0.4 is 5.73 Å². The van der Waals surface area contributed by atoms with Crippen molar-refractivity contribution >= 4 is 5.91 Å². The minimum atomic E-state index is -0.318. The first-order valence-corrected chi connectivity index (χ1v) is 6.33. The molecule has 0 atom stereocenters. The Labute approximate surface area is 106 Å². The molecule has 2 rings (SSSR count). The van der Waals surface area contributed by atoms with Crippen LogP contribution >= 0.6 is 0 Å². The van der Waals surface area contributed by atoms with E-state index in [9.17, 15) is 4.79 Å². The van der Waals surface area contributed by atoms with Gasteiger partial charge in [0, 0.05) is 6.54 Å². The van der Waals surface area contributed by atoms with Crippen molar-refractivity contribution in [2.24, 2.45) is 11.7 Å². The fraction of sp³-hybridized carbons (Fsp3) is 0.818. The van der Waals surface area contributed by atoms with Crippen LogP contribution in [0.15, 0.2) is 0 Å². The van der Waals surface area contributed by atoms with Crippen LogP contribution in [0, 0.1) is 5.92 Å². The second kappa shape index (κ2) is 5.43. The zero-order chi connectivity index (χ0) is 13.1. The third-order valence-electron chi connectivity index (χ3n) is 2.82. The van der Waals surface area contributed by atoms with Crippen molar-refractivity contribution in [1.82, 2.24) is 25.1 Å². The van der Waals surface area contributed by atoms with Gasteiger partial charge in [-0.25, -0.2) is 4.68 Å². The number of amides is 1. The summed E-state index contributed by atoms with van der Waals surface area (Å²) in [5.41, 5.74) is 5.27. The summed E-state index contributed by atoms with van der Waals surface area (Å²) >= 11 is 0. The van der Waals surface area contributed by atoms with E-state index >= 15 is 0 Å². The van der Waals surface area contributed by atoms with Gasteiger partial charge >= 0.3 is 0 Å². The van der Waals surface area contributed by atoms with Crippen molar-refractivity contribution in [3.05, 3.63) is 5.82 Å². The Morgan fingerprint density at radius 1 is 1.56 bits per heavy atom. The van der Waals surface area contributed by atoms with Gasteiger partial charge in [0.05, 0.1) is 19.1 Å². The lowest BCUT2D eigenvalue weighted by atomic mass is 10.2. The summed E-state index contributed by atoms with van der Waals surface area (Å²) in [5, 5.41) is 11.8. The monoisotopic (exact) mass is 252 g/mol. The summed E-state index contributed by atoms with van der Waals surface area (Å²) in [7, 11) is 0. The number of nitrogens with two attached hydrogens (primary N) is 1. The van der Waals surface area contributed by atoms with E-state index in [1.54, 1.807) is 0 Å². The van der Waals surface area contributed by atoms with E-state index in [0.717, 1.165) is 25.2 Å². The number of tetrazole rings is 1. The summed E-state index contributed by atoms with van der Waals surface area (Å²) < 4.78 is 1.87. The van der Waals surface area contributed by atoms with E-state index in [2.05, 4.69) is 29.4 Å². The van der Waals surface area contributed by atoms with Gasteiger partial charge in [-0.15, -0.1) is 5.10 Å². The minimum absolute atomic E-state index is 0.246. The van der Waals surface area contributed by atoms with Gasteiger partial charge in [-0.3, -0.25) is 9.69 Å². The fourth-order valence-electron chi connectivity index (χ4n) is 2.04. The van der Waals surface area contributed by atoms with E-state index in [0.29, 0.717) is 18.5 Å². The van der Waals surface area contributed by atoms with Crippen LogP contribution in [0.4, 0.5) is 0 Å². The summed E-state index contributed by atoms with van der Waals surface area (Å²) in [6.45, 7) is 5.84. The lowest BCUT2D eigenvalue weighted by Gasteiger charge is -2.21. The van der Waals surface area contributed by atoms with Crippen LogP contribution in [0.1, 0.15) is 38.6 Å². The van der Waals surface area contributed by atoms with Gasteiger partial charge in [0.1, 0.15) is 0 Å². The second-order valence-electron chi connectivity index (χ2n) is 5.30. The zero-order valence-corrected chi connectivity index (χ0v) is 10.9. The average Bonchev–Trinajstić information content (AvgIpc) is 2.98. The highest BCUT2D eigenvalue weighted by Crippen LogP contribution is 2.34. The van der Waals surface area contributed by atoms with Crippen molar-refractivity contribution in [1.29, 1.82) is 0 Å². The van der Waals surface area contributed by atoms with Gasteiger partial charge in [0.2, 0.25) is 5.91 Å². The molecule has 1 aliphatic carbocycles. The highest BCUT2D eigenvalue weighted by Gasteiger charge is 2.28. The predicted octanol–water partition coefficient (Wildman–Crippen LogP) is -0.0487. The topological polar surface area (TPSA) is 89.9 Å². The Balaban J connectivity index is 2.01. The number of hydrogen-bond acceptors (Lipinski definition) is 5. The highest BCUT2D eigenvalue weighted by atomic mass is 16.1. The first-order valence-electron chi connectivity index (χ1n) is 6.33. The van der Waals surface area contributed by atoms with E-state index in [4.69, 9.17) is 5.73 Å². The molecule has 1 aromatic heterocycles. The maximum Gasteiger partial charge on any atom is 0.231 e. The molecule has 0 spiro atoms. The Morgan fingerprint density at radius 3 is 2.83 bits per heavy atom. The second-order valence-corrected chi connectivity index (χ2v) is 5.30. The summed E-state index contributed by atoms with van der Waals surface area (Å²) in [4.78, 5) is 13.1. The van der Waals surface area contributed by atoms with Gasteiger partial charge in [0.15, 0.2) is 5.82 Å². The maximum absolute atomic E-state index is 11.1. The predicted molar refractivity (Wildman–Crippen MR) is 65.4 cm³/mol. The molecule has 1 aromatic rings. The first-order chi connectivity index (χ1) is 8.56. The number of primary amides is 1. The SMILES string of the molecule is CC(C)CN(CC(N)=O)Cc1nnnn1C1CC1. The lowest BCUT2D eigenvalue weighted by molar-refractivity contribution is -0.119. The molecular formula is C11H20N6O. The molecule has 7 nitrogen and oxygen atoms in total. The Morgan fingerprint density at radius 2 is 2.28 bits per heavy atom. The standard InChI is InChI=1S/C11H20N6O/c1-8(2)5-16(6-10(12)18)7-11-13-14-15-17(11)9-3-4-9/h8-9H,3-7H2,1-2H3,(H2,12,18). The number of rotatable bonds is 7. The first kappa shape index (κ1) is 12.9. The van der Waals surface area contributed by atoms with Crippen molar-refractivity contribution in [2.45, 2.75) is 39.3 Å². The molecule has 7 heteroatoms. The zero-order valence-electron chi connectivity index (χ0n) is 10.9. The molecule has 100 valence electrons. The van der Waals surface area contributed by atoms with E-state index in [1.165, 1.54) is 0 Å².